The lowest BCUT2D eigenvalue weighted by Crippen LogP contribution is -2.58. The summed E-state index contributed by atoms with van der Waals surface area (Å²) in [5.41, 5.74) is 12.0. The number of nitrogens with one attached hydrogen (secondary N) is 9. The van der Waals surface area contributed by atoms with Crippen molar-refractivity contribution in [3.8, 4) is 5.75 Å². The fraction of sp³-hybridized carbons (Fsp3) is 0.554. The molecule has 10 atom stereocenters. The first-order chi connectivity index (χ1) is 54.1. The number of hydrogen-bond donors (Lipinski definition) is 15. The van der Waals surface area contributed by atoms with Gasteiger partial charge in [-0.2, -0.15) is 17.2 Å². The molecule has 0 bridgehead atoms. The van der Waals surface area contributed by atoms with Crippen LogP contribution in [-0.2, 0) is 106 Å². The summed E-state index contributed by atoms with van der Waals surface area (Å²) in [6, 6.07) is 11.8. The van der Waals surface area contributed by atoms with Crippen molar-refractivity contribution in [1.82, 2.24) is 65.1 Å². The highest BCUT2D eigenvalue weighted by molar-refractivity contribution is 7.89. The van der Waals surface area contributed by atoms with Gasteiger partial charge in [-0.15, -0.1) is 0 Å². The summed E-state index contributed by atoms with van der Waals surface area (Å²) < 4.78 is 115. The smallest absolute Gasteiger partial charge is 0.303 e. The summed E-state index contributed by atoms with van der Waals surface area (Å²) in [7, 11) is -18.0. The predicted molar refractivity (Wildman–Crippen MR) is 429 cm³/mol. The highest BCUT2D eigenvalue weighted by Crippen LogP contribution is 2.27. The molecule has 0 aliphatic carbocycles. The van der Waals surface area contributed by atoms with Crippen molar-refractivity contribution in [2.75, 3.05) is 83.8 Å². The minimum Gasteiger partial charge on any atom is -0.508 e. The third kappa shape index (κ3) is 34.4. The number of sulfonamides is 4. The predicted octanol–water partition coefficient (Wildman–Crippen LogP) is -2.85. The molecule has 10 amide bonds. The summed E-state index contributed by atoms with van der Waals surface area (Å²) >= 11 is 0. The second-order valence-corrected chi connectivity index (χ2v) is 37.3. The number of unbranched alkanes of at least 4 members (excludes halogenated alkanes) is 1. The van der Waals surface area contributed by atoms with Crippen LogP contribution in [0.1, 0.15) is 105 Å². The molecule has 116 heavy (non-hydrogen) atoms. The summed E-state index contributed by atoms with van der Waals surface area (Å²) in [5, 5.41) is 64.2. The number of fused-ring (bicyclic) bond motifs is 1. The van der Waals surface area contributed by atoms with Crippen LogP contribution in [0.5, 0.6) is 5.75 Å². The van der Waals surface area contributed by atoms with Gasteiger partial charge in [-0.1, -0.05) is 113 Å². The van der Waals surface area contributed by atoms with Gasteiger partial charge < -0.3 is 79.7 Å². The number of benzene rings is 4. The number of aliphatic carboxylic acids is 1. The summed E-state index contributed by atoms with van der Waals surface area (Å²) in [4.78, 5) is 148. The Morgan fingerprint density at radius 2 is 0.948 bits per heavy atom. The number of carbonyl (C=O) groups excluding carboxylic acids is 10. The summed E-state index contributed by atoms with van der Waals surface area (Å²) in [5.74, 6) is -12.8. The van der Waals surface area contributed by atoms with E-state index in [4.69, 9.17) is 11.5 Å². The lowest BCUT2D eigenvalue weighted by molar-refractivity contribution is -0.138. The number of primary amides is 1. The fourth-order valence-corrected chi connectivity index (χ4v) is 17.2. The highest BCUT2D eigenvalue weighted by atomic mass is 32.2. The number of nitrogens with two attached hydrogens (primary N) is 2. The molecule has 4 rings (SSSR count). The maximum Gasteiger partial charge on any atom is 0.303 e. The minimum atomic E-state index is -4.94. The first-order valence-corrected chi connectivity index (χ1v) is 44.2. The number of phenols is 1. The molecule has 0 aromatic heterocycles. The Hall–Kier alpha value is -9.37. The second kappa shape index (κ2) is 46.5. The number of hydrogen-bond acceptors (Lipinski definition) is 23. The molecule has 646 valence electrons. The number of rotatable bonds is 52. The van der Waals surface area contributed by atoms with Crippen LogP contribution < -0.4 is 59.3 Å². The Bertz CT molecular complexity index is 4490. The summed E-state index contributed by atoms with van der Waals surface area (Å²) in [6.07, 6.45) is -1.12. The molecule has 0 saturated carbocycles. The van der Waals surface area contributed by atoms with Crippen LogP contribution in [0.3, 0.4) is 0 Å². The molecule has 4 aromatic carbocycles. The van der Waals surface area contributed by atoms with E-state index in [1.54, 1.807) is 82.3 Å². The van der Waals surface area contributed by atoms with E-state index in [1.165, 1.54) is 63.2 Å². The van der Waals surface area contributed by atoms with Gasteiger partial charge in [-0.05, 0) is 112 Å². The molecule has 17 N–H and O–H groups in total. The normalized spacial score (nSPS) is 14.8. The summed E-state index contributed by atoms with van der Waals surface area (Å²) in [6.45, 7) is 4.10. The Morgan fingerprint density at radius 1 is 0.483 bits per heavy atom. The minimum absolute atomic E-state index is 0.0212. The van der Waals surface area contributed by atoms with Gasteiger partial charge >= 0.3 is 5.97 Å². The quantitative estimate of drug-likeness (QED) is 0.0198. The SMILES string of the molecule is CC(=O)NC(C(=O)N[C@@H](Cc1ccccc1)CN(CC(=O)N[C@@H](CCC(=O)O)C(=O)N[C@@H](Cc1ccc(O)cc1)CN(CC(=O)N[C@@H](C)C(=O)N[C@@H](CCCCN)CN(CC(=O)N[C@@H](CC(C)C)C(=O)N[C@@H](CO)CN(CC(=O)N[C@@H](C)C(N)=O)S(C)(=O)=O)S(=O)(=O)CC(C)C)S(=O)(=O)c1cccc2ccccc12)S(C)(=O)=O)[C@H](C)O. The first kappa shape index (κ1) is 99.0. The van der Waals surface area contributed by atoms with Crippen LogP contribution >= 0.6 is 0 Å². The van der Waals surface area contributed by atoms with Crippen LogP contribution in [0, 0.1) is 11.8 Å². The largest absolute Gasteiger partial charge is 0.508 e. The average Bonchev–Trinajstić information content (AvgIpc) is 0.772. The molecular weight excluding hydrogens is 1600 g/mol. The van der Waals surface area contributed by atoms with E-state index in [-0.39, 0.29) is 60.6 Å². The van der Waals surface area contributed by atoms with Crippen LogP contribution in [0.25, 0.3) is 10.8 Å². The van der Waals surface area contributed by atoms with Gasteiger partial charge in [0.15, 0.2) is 0 Å². The van der Waals surface area contributed by atoms with E-state index < -0.39 is 249 Å². The molecule has 0 radical (unpaired) electrons. The van der Waals surface area contributed by atoms with Crippen LogP contribution in [0.4, 0.5) is 0 Å². The number of carbonyl (C=O) groups is 11. The molecule has 0 fully saturated rings. The van der Waals surface area contributed by atoms with Gasteiger partial charge in [0.1, 0.15) is 36.0 Å². The second-order valence-electron chi connectivity index (χ2n) is 29.4. The molecular formula is C74H113N15O23S4. The van der Waals surface area contributed by atoms with Crippen LogP contribution in [-0.4, -0.2) is 281 Å². The van der Waals surface area contributed by atoms with E-state index in [1.807, 2.05) is 0 Å². The first-order valence-electron chi connectivity index (χ1n) is 37.5. The molecule has 0 heterocycles. The van der Waals surface area contributed by atoms with Crippen molar-refractivity contribution >= 4 is 116 Å². The third-order valence-corrected chi connectivity index (χ3v) is 24.4. The molecule has 0 aliphatic heterocycles. The van der Waals surface area contributed by atoms with E-state index in [2.05, 4.69) is 47.9 Å². The molecule has 0 saturated heterocycles. The van der Waals surface area contributed by atoms with Crippen molar-refractivity contribution in [2.45, 2.75) is 172 Å². The molecule has 4 aromatic rings. The number of aliphatic hydroxyl groups excluding tert-OH is 2. The maximum absolute atomic E-state index is 15.5. The zero-order valence-electron chi connectivity index (χ0n) is 66.7. The topological polar surface area (TPSA) is 579 Å². The van der Waals surface area contributed by atoms with Gasteiger partial charge in [0.25, 0.3) is 0 Å². The van der Waals surface area contributed by atoms with Crippen molar-refractivity contribution in [1.29, 1.82) is 0 Å². The Balaban J connectivity index is 1.72. The molecule has 38 nitrogen and oxygen atoms in total. The number of carboxylic acid groups (broad SMARTS) is 1. The van der Waals surface area contributed by atoms with E-state index in [0.717, 1.165) is 23.7 Å². The molecule has 42 heteroatoms. The van der Waals surface area contributed by atoms with Gasteiger partial charge in [0, 0.05) is 63.0 Å². The maximum atomic E-state index is 15.5. The van der Waals surface area contributed by atoms with Crippen molar-refractivity contribution < 1.29 is 107 Å². The number of carboxylic acids is 1. The van der Waals surface area contributed by atoms with Gasteiger partial charge in [-0.3, -0.25) is 52.7 Å². The van der Waals surface area contributed by atoms with E-state index >= 15 is 8.42 Å². The molecule has 1 unspecified atom stereocenters. The zero-order chi connectivity index (χ0) is 87.2. The Kier molecular flexibility index (Phi) is 39.7. The third-order valence-electron chi connectivity index (χ3n) is 17.9. The average molecular weight is 1710 g/mol. The number of amides is 10. The number of aliphatic hydroxyl groups is 2. The Labute approximate surface area is 677 Å². The fourth-order valence-electron chi connectivity index (χ4n) is 12.2. The lowest BCUT2D eigenvalue weighted by Gasteiger charge is -2.31. The monoisotopic (exact) mass is 1710 g/mol. The Morgan fingerprint density at radius 3 is 1.47 bits per heavy atom. The lowest BCUT2D eigenvalue weighted by atomic mass is 10.0. The van der Waals surface area contributed by atoms with Crippen molar-refractivity contribution in [3.63, 3.8) is 0 Å². The molecule has 0 spiro atoms. The number of aromatic hydroxyl groups is 1. The van der Waals surface area contributed by atoms with Crippen LogP contribution in [0.15, 0.2) is 102 Å². The van der Waals surface area contributed by atoms with Gasteiger partial charge in [0.2, 0.25) is 99.2 Å². The zero-order valence-corrected chi connectivity index (χ0v) is 70.0. The van der Waals surface area contributed by atoms with E-state index in [9.17, 15) is 98.4 Å². The molecule has 0 aliphatic rings. The highest BCUT2D eigenvalue weighted by Gasteiger charge is 2.38. The standard InChI is InChI=1S/C74H113N15O23S4/c1-46(2)33-62(73(103)83-58(44-90)39-87(114(10,107)108)40-64(94)77-48(5)70(76)100)85-67(97)42-88(115(109,110)45-47(3)4)36-55(23-16-17-32-75)80-71(101)49(6)78-65(95)43-89(116(111,112)63-25-18-22-54-21-14-15-24-60(54)63)38-57(35-53-26-28-59(93)29-27-53)81-72(102)61(30-31-68(98)99)84-66(96)41-86(113(9,105)106)37-56(34-52-19-12-11-13-20-52)82-74(104)69(50(7)91)79-51(8)92/h11-15,18-22,24-29,46-50,55-58,61-62,69,90-91,93H,16-17,23,30-45,75H2,1-10H3,(H2,76,100)(H,77,94)(H,78,95)(H,79,92)(H,80,101)(H,81,102)(H,82,104)(H,83,103)(H,84,96)(H,85,97)(H,98,99)/t48-,49-,50-,55-,56-,57-,58+,61-,62-,69?/m0/s1. The van der Waals surface area contributed by atoms with Gasteiger partial charge in [0.05, 0.1) is 68.1 Å². The number of nitrogens with zero attached hydrogens (tertiary/aromatic N) is 4. The van der Waals surface area contributed by atoms with E-state index in [0.29, 0.717) is 35.8 Å². The van der Waals surface area contributed by atoms with Crippen molar-refractivity contribution in [2.24, 2.45) is 23.3 Å². The van der Waals surface area contributed by atoms with Crippen molar-refractivity contribution in [3.05, 3.63) is 108 Å². The van der Waals surface area contributed by atoms with Crippen LogP contribution in [0.2, 0.25) is 0 Å². The van der Waals surface area contributed by atoms with Gasteiger partial charge in [-0.25, -0.2) is 33.7 Å². The number of phenolic OH excluding ortho intramolecular Hbond substituents is 1.